The molecule has 1 saturated heterocycles. The molecule has 6 heteroatoms. The van der Waals surface area contributed by atoms with Crippen molar-refractivity contribution in [2.24, 2.45) is 5.92 Å². The van der Waals surface area contributed by atoms with E-state index >= 15 is 0 Å². The first-order valence-electron chi connectivity index (χ1n) is 12.0. The van der Waals surface area contributed by atoms with Crippen LogP contribution in [0.2, 0.25) is 0 Å². The lowest BCUT2D eigenvalue weighted by Crippen LogP contribution is -2.45. The standard InChI is InChI=1S/C27H36N2O4/c1-20-7-4-9-23(15-20)33-14-6-12-28-11-5-8-21(18-28)19-29-13-10-22-16-25(31-2)26(32-3)17-24(22)27(29)30/h4,7,9,15-17,21H,5-6,8,10-14,18-19H2,1-3H3. The van der Waals surface area contributed by atoms with Gasteiger partial charge in [0.15, 0.2) is 11.5 Å². The van der Waals surface area contributed by atoms with Crippen LogP contribution in [-0.4, -0.2) is 69.3 Å². The first kappa shape index (κ1) is 23.4. The Bertz CT molecular complexity index is 961. The van der Waals surface area contributed by atoms with Gasteiger partial charge in [0.1, 0.15) is 5.75 Å². The SMILES string of the molecule is COc1cc2c(cc1OC)C(=O)N(CC1CCCN(CCCOc3cccc(C)c3)C1)CC2. The van der Waals surface area contributed by atoms with Crippen molar-refractivity contribution in [1.29, 1.82) is 0 Å². The summed E-state index contributed by atoms with van der Waals surface area (Å²) in [4.78, 5) is 17.8. The number of rotatable bonds is 9. The number of carbonyl (C=O) groups is 1. The molecule has 1 amide bonds. The summed E-state index contributed by atoms with van der Waals surface area (Å²) in [5.74, 6) is 2.88. The molecule has 2 aromatic rings. The number of fused-ring (bicyclic) bond motifs is 1. The van der Waals surface area contributed by atoms with Gasteiger partial charge in [-0.15, -0.1) is 0 Å². The fourth-order valence-electron chi connectivity index (χ4n) is 5.03. The van der Waals surface area contributed by atoms with Crippen molar-refractivity contribution in [3.05, 3.63) is 53.1 Å². The molecule has 1 unspecified atom stereocenters. The van der Waals surface area contributed by atoms with Crippen LogP contribution < -0.4 is 14.2 Å². The number of ether oxygens (including phenoxy) is 3. The van der Waals surface area contributed by atoms with Gasteiger partial charge in [-0.1, -0.05) is 12.1 Å². The summed E-state index contributed by atoms with van der Waals surface area (Å²) in [6.45, 7) is 7.62. The normalized spacial score (nSPS) is 18.7. The largest absolute Gasteiger partial charge is 0.494 e. The molecular formula is C27H36N2O4. The summed E-state index contributed by atoms with van der Waals surface area (Å²) in [5.41, 5.74) is 3.02. The highest BCUT2D eigenvalue weighted by atomic mass is 16.5. The molecule has 0 spiro atoms. The number of benzene rings is 2. The van der Waals surface area contributed by atoms with Crippen molar-refractivity contribution in [3.8, 4) is 17.2 Å². The second-order valence-electron chi connectivity index (χ2n) is 9.19. The smallest absolute Gasteiger partial charge is 0.254 e. The van der Waals surface area contributed by atoms with Crippen molar-refractivity contribution >= 4 is 5.91 Å². The monoisotopic (exact) mass is 452 g/mol. The van der Waals surface area contributed by atoms with Gasteiger partial charge in [0.2, 0.25) is 0 Å². The lowest BCUT2D eigenvalue weighted by Gasteiger charge is -2.37. The Morgan fingerprint density at radius 2 is 1.88 bits per heavy atom. The predicted octanol–water partition coefficient (Wildman–Crippen LogP) is 4.19. The Balaban J connectivity index is 1.27. The summed E-state index contributed by atoms with van der Waals surface area (Å²) in [5, 5.41) is 0. The van der Waals surface area contributed by atoms with Gasteiger partial charge in [-0.05, 0) is 80.5 Å². The summed E-state index contributed by atoms with van der Waals surface area (Å²) >= 11 is 0. The van der Waals surface area contributed by atoms with Crippen molar-refractivity contribution in [1.82, 2.24) is 9.80 Å². The third-order valence-electron chi connectivity index (χ3n) is 6.74. The molecule has 2 aliphatic rings. The van der Waals surface area contributed by atoms with Crippen LogP contribution in [0.3, 0.4) is 0 Å². The molecule has 0 radical (unpaired) electrons. The zero-order valence-electron chi connectivity index (χ0n) is 20.1. The first-order chi connectivity index (χ1) is 16.1. The van der Waals surface area contributed by atoms with Gasteiger partial charge in [-0.2, -0.15) is 0 Å². The molecule has 1 atom stereocenters. The van der Waals surface area contributed by atoms with E-state index < -0.39 is 0 Å². The van der Waals surface area contributed by atoms with Gasteiger partial charge in [0.05, 0.1) is 20.8 Å². The summed E-state index contributed by atoms with van der Waals surface area (Å²) in [7, 11) is 3.24. The highest BCUT2D eigenvalue weighted by Gasteiger charge is 2.29. The van der Waals surface area contributed by atoms with Crippen LogP contribution in [0.5, 0.6) is 17.2 Å². The van der Waals surface area contributed by atoms with E-state index in [4.69, 9.17) is 14.2 Å². The molecule has 0 aromatic heterocycles. The Labute approximate surface area is 197 Å². The molecule has 6 nitrogen and oxygen atoms in total. The maximum absolute atomic E-state index is 13.2. The maximum atomic E-state index is 13.2. The number of carbonyl (C=O) groups excluding carboxylic acids is 1. The molecule has 4 rings (SSSR count). The van der Waals surface area contributed by atoms with Crippen LogP contribution in [0.4, 0.5) is 0 Å². The molecule has 33 heavy (non-hydrogen) atoms. The minimum Gasteiger partial charge on any atom is -0.494 e. The Morgan fingerprint density at radius 3 is 2.67 bits per heavy atom. The van der Waals surface area contributed by atoms with Gasteiger partial charge in [0, 0.05) is 31.7 Å². The number of hydrogen-bond acceptors (Lipinski definition) is 5. The van der Waals surface area contributed by atoms with E-state index in [0.717, 1.165) is 69.0 Å². The number of piperidine rings is 1. The minimum atomic E-state index is 0.112. The van der Waals surface area contributed by atoms with E-state index in [1.54, 1.807) is 14.2 Å². The van der Waals surface area contributed by atoms with E-state index in [0.29, 0.717) is 17.4 Å². The lowest BCUT2D eigenvalue weighted by molar-refractivity contribution is 0.0658. The van der Waals surface area contributed by atoms with Crippen LogP contribution in [0.15, 0.2) is 36.4 Å². The molecule has 1 fully saturated rings. The fraction of sp³-hybridized carbons (Fsp3) is 0.519. The Morgan fingerprint density at radius 1 is 1.06 bits per heavy atom. The summed E-state index contributed by atoms with van der Waals surface area (Å²) < 4.78 is 16.7. The number of amides is 1. The molecule has 0 N–H and O–H groups in total. The molecule has 2 aliphatic heterocycles. The zero-order chi connectivity index (χ0) is 23.2. The van der Waals surface area contributed by atoms with E-state index in [2.05, 4.69) is 24.0 Å². The third-order valence-corrected chi connectivity index (χ3v) is 6.74. The number of aryl methyl sites for hydroxylation is 1. The van der Waals surface area contributed by atoms with E-state index in [-0.39, 0.29) is 5.91 Å². The highest BCUT2D eigenvalue weighted by molar-refractivity contribution is 5.97. The minimum absolute atomic E-state index is 0.112. The topological polar surface area (TPSA) is 51.2 Å². The van der Waals surface area contributed by atoms with Crippen LogP contribution in [-0.2, 0) is 6.42 Å². The van der Waals surface area contributed by atoms with E-state index in [1.807, 2.05) is 29.2 Å². The molecule has 0 bridgehead atoms. The molecule has 178 valence electrons. The van der Waals surface area contributed by atoms with Gasteiger partial charge < -0.3 is 24.0 Å². The summed E-state index contributed by atoms with van der Waals surface area (Å²) in [6.07, 6.45) is 4.23. The predicted molar refractivity (Wildman–Crippen MR) is 130 cm³/mol. The van der Waals surface area contributed by atoms with Crippen LogP contribution in [0, 0.1) is 12.8 Å². The fourth-order valence-corrected chi connectivity index (χ4v) is 5.03. The first-order valence-corrected chi connectivity index (χ1v) is 12.0. The number of hydrogen-bond donors (Lipinski definition) is 0. The van der Waals surface area contributed by atoms with Gasteiger partial charge >= 0.3 is 0 Å². The van der Waals surface area contributed by atoms with E-state index in [9.17, 15) is 4.79 Å². The van der Waals surface area contributed by atoms with Crippen molar-refractivity contribution in [2.45, 2.75) is 32.6 Å². The van der Waals surface area contributed by atoms with Crippen molar-refractivity contribution in [3.63, 3.8) is 0 Å². The molecule has 2 aromatic carbocycles. The van der Waals surface area contributed by atoms with Crippen molar-refractivity contribution in [2.75, 3.05) is 53.6 Å². The van der Waals surface area contributed by atoms with Gasteiger partial charge in [-0.25, -0.2) is 0 Å². The van der Waals surface area contributed by atoms with Gasteiger partial charge in [0.25, 0.3) is 5.91 Å². The second-order valence-corrected chi connectivity index (χ2v) is 9.19. The average molecular weight is 453 g/mol. The molecule has 0 saturated carbocycles. The third kappa shape index (κ3) is 5.80. The molecule has 2 heterocycles. The maximum Gasteiger partial charge on any atom is 0.254 e. The van der Waals surface area contributed by atoms with Crippen LogP contribution in [0.1, 0.15) is 40.7 Å². The quantitative estimate of drug-likeness (QED) is 0.534. The summed E-state index contributed by atoms with van der Waals surface area (Å²) in [6, 6.07) is 12.0. The Hall–Kier alpha value is -2.73. The Kier molecular flexibility index (Phi) is 7.76. The molecule has 0 aliphatic carbocycles. The lowest BCUT2D eigenvalue weighted by atomic mass is 9.94. The average Bonchev–Trinajstić information content (AvgIpc) is 2.83. The van der Waals surface area contributed by atoms with Crippen LogP contribution >= 0.6 is 0 Å². The van der Waals surface area contributed by atoms with E-state index in [1.165, 1.54) is 18.4 Å². The van der Waals surface area contributed by atoms with Crippen molar-refractivity contribution < 1.29 is 19.0 Å². The highest BCUT2D eigenvalue weighted by Crippen LogP contribution is 2.33. The molecular weight excluding hydrogens is 416 g/mol. The number of likely N-dealkylation sites (tertiary alicyclic amines) is 1. The number of methoxy groups -OCH3 is 2. The second kappa shape index (κ2) is 10.9. The van der Waals surface area contributed by atoms with Gasteiger partial charge in [-0.3, -0.25) is 4.79 Å². The number of nitrogens with zero attached hydrogens (tertiary/aromatic N) is 2. The van der Waals surface area contributed by atoms with Crippen LogP contribution in [0.25, 0.3) is 0 Å². The zero-order valence-corrected chi connectivity index (χ0v) is 20.1.